The average Bonchev–Trinajstić information content (AvgIpc) is 2.41. The van der Waals surface area contributed by atoms with Crippen molar-refractivity contribution in [3.63, 3.8) is 0 Å². The fourth-order valence-corrected chi connectivity index (χ4v) is 1.84. The largest absolute Gasteiger partial charge is 0.493 e. The predicted octanol–water partition coefficient (Wildman–Crippen LogP) is 2.04. The summed E-state index contributed by atoms with van der Waals surface area (Å²) < 4.78 is 0.901. The number of rotatable bonds is 2. The van der Waals surface area contributed by atoms with Crippen LogP contribution in [0.5, 0.6) is 0 Å². The lowest BCUT2D eigenvalue weighted by atomic mass is 10.1. The molecule has 0 heterocycles. The minimum atomic E-state index is 0.330. The molecule has 2 rings (SSSR count). The van der Waals surface area contributed by atoms with Crippen molar-refractivity contribution in [3.05, 3.63) is 58.4 Å². The van der Waals surface area contributed by atoms with Gasteiger partial charge in [-0.3, -0.25) is 0 Å². The molecule has 0 unspecified atom stereocenters. The molecule has 1 aliphatic carbocycles. The second kappa shape index (κ2) is 4.88. The van der Waals surface area contributed by atoms with Gasteiger partial charge in [0.2, 0.25) is 11.4 Å². The molecular formula is C13H14N6. The highest BCUT2D eigenvalue weighted by Gasteiger charge is 2.23. The van der Waals surface area contributed by atoms with E-state index in [-0.39, 0.29) is 0 Å². The maximum absolute atomic E-state index is 10.3. The van der Waals surface area contributed by atoms with E-state index in [1.165, 1.54) is 6.08 Å². The lowest BCUT2D eigenvalue weighted by Crippen LogP contribution is -2.17. The van der Waals surface area contributed by atoms with Crippen molar-refractivity contribution in [2.24, 2.45) is 5.73 Å². The van der Waals surface area contributed by atoms with E-state index < -0.39 is 0 Å². The Balaban J connectivity index is 2.49. The molecule has 0 aliphatic heterocycles. The zero-order chi connectivity index (χ0) is 14.0. The summed E-state index contributed by atoms with van der Waals surface area (Å²) in [5, 5.41) is 0. The Bertz CT molecular complexity index is 662. The van der Waals surface area contributed by atoms with Crippen molar-refractivity contribution >= 4 is 17.1 Å². The minimum Gasteiger partial charge on any atom is -0.493 e. The third-order valence-corrected chi connectivity index (χ3v) is 2.90. The quantitative estimate of drug-likeness (QED) is 0.364. The fraction of sp³-hybridized carbons (Fsp3) is 0.154. The van der Waals surface area contributed by atoms with E-state index in [2.05, 4.69) is 4.79 Å². The van der Waals surface area contributed by atoms with Crippen molar-refractivity contribution in [3.8, 4) is 0 Å². The lowest BCUT2D eigenvalue weighted by molar-refractivity contribution is -0.402. The molecule has 1 aromatic rings. The first-order chi connectivity index (χ1) is 9.02. The van der Waals surface area contributed by atoms with Crippen LogP contribution in [0.1, 0.15) is 12.0 Å². The van der Waals surface area contributed by atoms with Crippen LogP contribution in [0.15, 0.2) is 41.7 Å². The van der Waals surface area contributed by atoms with Gasteiger partial charge in [0.15, 0.2) is 0 Å². The number of hydrogen-bond donors (Lipinski definition) is 2. The number of aryl methyl sites for hydroxylation is 1. The first-order valence-electron chi connectivity index (χ1n) is 5.76. The van der Waals surface area contributed by atoms with Crippen molar-refractivity contribution < 1.29 is 9.49 Å². The molecular weight excluding hydrogens is 240 g/mol. The number of allylic oxidation sites excluding steroid dienone is 2. The number of nitrogens with zero attached hydrogens (tertiary/aromatic N) is 4. The summed E-state index contributed by atoms with van der Waals surface area (Å²) in [4.78, 5) is 3.12. The molecule has 0 saturated carbocycles. The molecule has 6 nitrogen and oxygen atoms in total. The molecule has 0 saturated heterocycles. The summed E-state index contributed by atoms with van der Waals surface area (Å²) in [7, 11) is 0. The van der Waals surface area contributed by atoms with Crippen LogP contribution in [0.3, 0.4) is 0 Å². The Morgan fingerprint density at radius 1 is 1.32 bits per heavy atom. The SMILES string of the molecule is Cc1ccc(N)c([N+](=[N-])C2=CC(=[N+]=[N-])CC=C2N)c1. The van der Waals surface area contributed by atoms with Crippen LogP contribution < -0.4 is 11.5 Å². The Morgan fingerprint density at radius 2 is 2.05 bits per heavy atom. The number of anilines is 1. The number of nitrogen functional groups attached to an aromatic ring is 1. The highest BCUT2D eigenvalue weighted by atomic mass is 15.2. The van der Waals surface area contributed by atoms with E-state index in [0.29, 0.717) is 34.9 Å². The van der Waals surface area contributed by atoms with Gasteiger partial charge in [0.1, 0.15) is 11.4 Å². The van der Waals surface area contributed by atoms with Crippen molar-refractivity contribution in [2.45, 2.75) is 13.3 Å². The highest BCUT2D eigenvalue weighted by Crippen LogP contribution is 2.28. The molecule has 1 aliphatic rings. The zero-order valence-corrected chi connectivity index (χ0v) is 10.5. The van der Waals surface area contributed by atoms with Gasteiger partial charge in [-0.2, -0.15) is 4.79 Å². The summed E-state index contributed by atoms with van der Waals surface area (Å²) in [6, 6.07) is 5.30. The molecule has 0 amide bonds. The smallest absolute Gasteiger partial charge is 0.302 e. The molecule has 0 bridgehead atoms. The molecule has 19 heavy (non-hydrogen) atoms. The molecule has 0 spiro atoms. The summed E-state index contributed by atoms with van der Waals surface area (Å²) in [6.45, 7) is 1.89. The Labute approximate surface area is 110 Å². The molecule has 6 heteroatoms. The molecule has 1 aromatic carbocycles. The molecule has 0 fully saturated rings. The summed E-state index contributed by atoms with van der Waals surface area (Å²) >= 11 is 0. The van der Waals surface area contributed by atoms with E-state index in [1.54, 1.807) is 18.2 Å². The molecule has 4 N–H and O–H groups in total. The van der Waals surface area contributed by atoms with Gasteiger partial charge < -0.3 is 22.5 Å². The highest BCUT2D eigenvalue weighted by molar-refractivity contribution is 5.93. The van der Waals surface area contributed by atoms with E-state index in [4.69, 9.17) is 17.0 Å². The van der Waals surface area contributed by atoms with Gasteiger partial charge in [-0.15, -0.1) is 0 Å². The monoisotopic (exact) mass is 254 g/mol. The topological polar surface area (TPSA) is 114 Å². The van der Waals surface area contributed by atoms with Gasteiger partial charge in [0, 0.05) is 6.07 Å². The molecule has 96 valence electrons. The standard InChI is InChI=1S/C13H14N6/c1-8-2-4-10(14)12(6-8)19(17)13-7-9(18-16)3-5-11(13)15/h2,4-7H,3,14-15H2,1H3. The van der Waals surface area contributed by atoms with E-state index in [1.807, 2.05) is 13.0 Å². The molecule has 0 atom stereocenters. The summed E-state index contributed by atoms with van der Waals surface area (Å²) in [5.41, 5.74) is 33.7. The van der Waals surface area contributed by atoms with Gasteiger partial charge in [0.05, 0.1) is 12.5 Å². The Morgan fingerprint density at radius 3 is 2.74 bits per heavy atom. The first kappa shape index (κ1) is 12.7. The van der Waals surface area contributed by atoms with E-state index in [0.717, 1.165) is 10.3 Å². The molecule has 0 radical (unpaired) electrons. The van der Waals surface area contributed by atoms with Crippen LogP contribution >= 0.6 is 0 Å². The van der Waals surface area contributed by atoms with Crippen LogP contribution in [0.2, 0.25) is 0 Å². The summed E-state index contributed by atoms with van der Waals surface area (Å²) in [6.07, 6.45) is 3.60. The van der Waals surface area contributed by atoms with E-state index in [9.17, 15) is 5.53 Å². The minimum absolute atomic E-state index is 0.330. The second-order valence-corrected chi connectivity index (χ2v) is 4.36. The summed E-state index contributed by atoms with van der Waals surface area (Å²) in [5.74, 6) is 0. The van der Waals surface area contributed by atoms with Gasteiger partial charge >= 0.3 is 5.71 Å². The number of nitrogens with two attached hydrogens (primary N) is 2. The van der Waals surface area contributed by atoms with Crippen molar-refractivity contribution in [1.82, 2.24) is 0 Å². The van der Waals surface area contributed by atoms with Gasteiger partial charge in [-0.05, 0) is 24.6 Å². The predicted molar refractivity (Wildman–Crippen MR) is 72.5 cm³/mol. The third-order valence-electron chi connectivity index (χ3n) is 2.90. The van der Waals surface area contributed by atoms with Crippen LogP contribution in [-0.2, 0) is 0 Å². The maximum atomic E-state index is 10.3. The Hall–Kier alpha value is -2.72. The number of hydrogen-bond acceptors (Lipinski definition) is 2. The second-order valence-electron chi connectivity index (χ2n) is 4.36. The Kier molecular flexibility index (Phi) is 3.27. The fourth-order valence-electron chi connectivity index (χ4n) is 1.84. The maximum Gasteiger partial charge on any atom is 0.302 e. The van der Waals surface area contributed by atoms with Crippen LogP contribution in [0, 0.1) is 6.92 Å². The van der Waals surface area contributed by atoms with Crippen LogP contribution in [-0.4, -0.2) is 15.2 Å². The van der Waals surface area contributed by atoms with Gasteiger partial charge in [0.25, 0.3) is 0 Å². The van der Waals surface area contributed by atoms with Crippen molar-refractivity contribution in [2.75, 3.05) is 5.73 Å². The normalized spacial score (nSPS) is 14.5. The van der Waals surface area contributed by atoms with Crippen molar-refractivity contribution in [1.29, 1.82) is 0 Å². The first-order valence-corrected chi connectivity index (χ1v) is 5.76. The van der Waals surface area contributed by atoms with Gasteiger partial charge in [-0.25, -0.2) is 4.70 Å². The third kappa shape index (κ3) is 2.43. The molecule has 0 aromatic heterocycles. The van der Waals surface area contributed by atoms with Gasteiger partial charge in [-0.1, -0.05) is 6.07 Å². The van der Waals surface area contributed by atoms with Crippen LogP contribution in [0.25, 0.3) is 11.1 Å². The van der Waals surface area contributed by atoms with Crippen LogP contribution in [0.4, 0.5) is 11.4 Å². The average molecular weight is 254 g/mol. The van der Waals surface area contributed by atoms with E-state index >= 15 is 0 Å². The zero-order valence-electron chi connectivity index (χ0n) is 10.5. The number of benzene rings is 1. The lowest BCUT2D eigenvalue weighted by Gasteiger charge is -2.13.